The van der Waals surface area contributed by atoms with Crippen LogP contribution in [-0.4, -0.2) is 14.2 Å². The topological polar surface area (TPSA) is 63.2 Å². The molecule has 0 saturated heterocycles. The molecule has 0 spiro atoms. The lowest BCUT2D eigenvalue weighted by molar-refractivity contribution is 0.101. The van der Waals surface area contributed by atoms with Crippen molar-refractivity contribution < 1.29 is 13.2 Å². The molecule has 0 amide bonds. The van der Waals surface area contributed by atoms with Crippen LogP contribution in [0.15, 0.2) is 47.4 Å². The van der Waals surface area contributed by atoms with Crippen LogP contribution in [0, 0.1) is 0 Å². The van der Waals surface area contributed by atoms with Crippen molar-refractivity contribution in [2.24, 2.45) is 0 Å². The Kier molecular flexibility index (Phi) is 5.24. The van der Waals surface area contributed by atoms with Crippen LogP contribution in [0.25, 0.3) is 0 Å². The van der Waals surface area contributed by atoms with Gasteiger partial charge in [0.05, 0.1) is 5.02 Å². The minimum atomic E-state index is -3.85. The summed E-state index contributed by atoms with van der Waals surface area (Å²) < 4.78 is 27.2. The highest BCUT2D eigenvalue weighted by Gasteiger charge is 2.19. The number of carbonyl (C=O) groups excluding carboxylic acids is 1. The quantitative estimate of drug-likeness (QED) is 0.830. The van der Waals surface area contributed by atoms with Gasteiger partial charge in [-0.2, -0.15) is 0 Å². The van der Waals surface area contributed by atoms with Crippen molar-refractivity contribution in [1.82, 2.24) is 4.72 Å². The van der Waals surface area contributed by atoms with Crippen molar-refractivity contribution in [2.75, 3.05) is 0 Å². The number of hydrogen-bond acceptors (Lipinski definition) is 3. The normalized spacial score (nSPS) is 11.4. The second kappa shape index (κ2) is 6.79. The summed E-state index contributed by atoms with van der Waals surface area (Å²) in [5, 5.41) is 0.519. The minimum Gasteiger partial charge on any atom is -0.295 e. The molecule has 0 unspecified atom stereocenters. The lowest BCUT2D eigenvalue weighted by Gasteiger charge is -2.10. The third kappa shape index (κ3) is 3.87. The maximum atomic E-state index is 12.4. The van der Waals surface area contributed by atoms with Crippen molar-refractivity contribution in [1.29, 1.82) is 0 Å². The number of halogens is 2. The van der Waals surface area contributed by atoms with Crippen molar-refractivity contribution in [3.8, 4) is 0 Å². The van der Waals surface area contributed by atoms with E-state index in [1.165, 1.54) is 25.1 Å². The van der Waals surface area contributed by atoms with E-state index in [0.29, 0.717) is 10.6 Å². The minimum absolute atomic E-state index is 0.0304. The van der Waals surface area contributed by atoms with E-state index in [9.17, 15) is 13.2 Å². The molecule has 0 radical (unpaired) electrons. The van der Waals surface area contributed by atoms with Crippen LogP contribution in [0.2, 0.25) is 10.0 Å². The van der Waals surface area contributed by atoms with Crippen LogP contribution >= 0.6 is 23.2 Å². The first-order chi connectivity index (χ1) is 10.3. The maximum absolute atomic E-state index is 12.4. The first-order valence-electron chi connectivity index (χ1n) is 6.35. The Morgan fingerprint density at radius 1 is 1.09 bits per heavy atom. The molecule has 2 aromatic carbocycles. The molecule has 0 aliphatic rings. The van der Waals surface area contributed by atoms with E-state index in [4.69, 9.17) is 23.2 Å². The molecule has 7 heteroatoms. The molecule has 0 heterocycles. The number of ketones is 1. The fourth-order valence-corrected chi connectivity index (χ4v) is 3.55. The molecule has 116 valence electrons. The summed E-state index contributed by atoms with van der Waals surface area (Å²) in [6, 6.07) is 11.1. The van der Waals surface area contributed by atoms with Gasteiger partial charge in [0.2, 0.25) is 10.0 Å². The molecule has 0 saturated carbocycles. The van der Waals surface area contributed by atoms with E-state index in [2.05, 4.69) is 4.72 Å². The molecule has 2 aromatic rings. The summed E-state index contributed by atoms with van der Waals surface area (Å²) in [7, 11) is -3.85. The molecule has 0 atom stereocenters. The number of rotatable bonds is 5. The van der Waals surface area contributed by atoms with Crippen LogP contribution in [0.1, 0.15) is 22.8 Å². The predicted molar refractivity (Wildman–Crippen MR) is 86.9 cm³/mol. The molecule has 0 fully saturated rings. The van der Waals surface area contributed by atoms with E-state index in [1.807, 2.05) is 0 Å². The van der Waals surface area contributed by atoms with Crippen LogP contribution in [0.5, 0.6) is 0 Å². The molecule has 1 N–H and O–H groups in total. The first-order valence-corrected chi connectivity index (χ1v) is 8.59. The van der Waals surface area contributed by atoms with Crippen molar-refractivity contribution in [3.63, 3.8) is 0 Å². The fourth-order valence-electron chi connectivity index (χ4n) is 1.82. The van der Waals surface area contributed by atoms with Crippen LogP contribution < -0.4 is 4.72 Å². The Balaban J connectivity index is 2.29. The fraction of sp³-hybridized carbons (Fsp3) is 0.133. The van der Waals surface area contributed by atoms with Crippen LogP contribution in [0.4, 0.5) is 0 Å². The van der Waals surface area contributed by atoms with E-state index < -0.39 is 10.0 Å². The van der Waals surface area contributed by atoms with Gasteiger partial charge in [-0.25, -0.2) is 13.1 Å². The van der Waals surface area contributed by atoms with Gasteiger partial charge >= 0.3 is 0 Å². The molecule has 0 aromatic heterocycles. The third-order valence-corrected chi connectivity index (χ3v) is 5.29. The molecule has 4 nitrogen and oxygen atoms in total. The van der Waals surface area contributed by atoms with Gasteiger partial charge in [-0.05, 0) is 36.8 Å². The molecule has 0 bridgehead atoms. The van der Waals surface area contributed by atoms with E-state index in [0.717, 1.165) is 0 Å². The molecule has 0 aliphatic carbocycles. The van der Waals surface area contributed by atoms with Gasteiger partial charge in [0, 0.05) is 17.1 Å². The van der Waals surface area contributed by atoms with E-state index in [-0.39, 0.29) is 27.8 Å². The lowest BCUT2D eigenvalue weighted by atomic mass is 10.1. The highest BCUT2D eigenvalue weighted by molar-refractivity contribution is 7.89. The second-order valence-electron chi connectivity index (χ2n) is 4.62. The summed E-state index contributed by atoms with van der Waals surface area (Å²) in [5.74, 6) is -0.237. The van der Waals surface area contributed by atoms with E-state index in [1.54, 1.807) is 24.3 Å². The largest absolute Gasteiger partial charge is 0.295 e. The van der Waals surface area contributed by atoms with Crippen LogP contribution in [0.3, 0.4) is 0 Å². The van der Waals surface area contributed by atoms with Crippen LogP contribution in [-0.2, 0) is 16.6 Å². The Labute approximate surface area is 139 Å². The Morgan fingerprint density at radius 3 is 2.41 bits per heavy atom. The lowest BCUT2D eigenvalue weighted by Crippen LogP contribution is -2.24. The van der Waals surface area contributed by atoms with Crippen molar-refractivity contribution in [2.45, 2.75) is 18.4 Å². The Hall–Kier alpha value is -1.40. The average molecular weight is 358 g/mol. The molecule has 22 heavy (non-hydrogen) atoms. The van der Waals surface area contributed by atoms with Gasteiger partial charge in [-0.3, -0.25) is 4.79 Å². The summed E-state index contributed by atoms with van der Waals surface area (Å²) in [5.41, 5.74) is 0.925. The van der Waals surface area contributed by atoms with Crippen molar-refractivity contribution >= 4 is 39.0 Å². The standard InChI is InChI=1S/C15H13Cl2NO3S/c1-10(19)11-6-7-14(17)15(8-11)22(20,21)18-9-12-4-2-3-5-13(12)16/h2-8,18H,9H2,1H3. The van der Waals surface area contributed by atoms with Gasteiger partial charge < -0.3 is 0 Å². The highest BCUT2D eigenvalue weighted by atomic mass is 35.5. The molecule has 2 rings (SSSR count). The highest BCUT2D eigenvalue weighted by Crippen LogP contribution is 2.23. The van der Waals surface area contributed by atoms with Gasteiger partial charge in [0.15, 0.2) is 5.78 Å². The SMILES string of the molecule is CC(=O)c1ccc(Cl)c(S(=O)(=O)NCc2ccccc2Cl)c1. The van der Waals surface area contributed by atoms with Gasteiger partial charge in [-0.1, -0.05) is 41.4 Å². The Morgan fingerprint density at radius 2 is 1.77 bits per heavy atom. The number of nitrogens with one attached hydrogen (secondary N) is 1. The zero-order chi connectivity index (χ0) is 16.3. The smallest absolute Gasteiger partial charge is 0.242 e. The monoisotopic (exact) mass is 357 g/mol. The zero-order valence-corrected chi connectivity index (χ0v) is 14.0. The molecular formula is C15H13Cl2NO3S. The summed E-state index contributed by atoms with van der Waals surface area (Å²) in [6.07, 6.45) is 0. The summed E-state index contributed by atoms with van der Waals surface area (Å²) in [6.45, 7) is 1.39. The predicted octanol–water partition coefficient (Wildman–Crippen LogP) is 3.67. The van der Waals surface area contributed by atoms with Gasteiger partial charge in [-0.15, -0.1) is 0 Å². The van der Waals surface area contributed by atoms with Gasteiger partial charge in [0.1, 0.15) is 4.90 Å². The third-order valence-electron chi connectivity index (χ3n) is 3.04. The van der Waals surface area contributed by atoms with Gasteiger partial charge in [0.25, 0.3) is 0 Å². The molecular weight excluding hydrogens is 345 g/mol. The second-order valence-corrected chi connectivity index (χ2v) is 7.17. The Bertz CT molecular complexity index is 819. The van der Waals surface area contributed by atoms with E-state index >= 15 is 0 Å². The maximum Gasteiger partial charge on any atom is 0.242 e. The number of carbonyl (C=O) groups is 1. The average Bonchev–Trinajstić information content (AvgIpc) is 2.46. The van der Waals surface area contributed by atoms with Crippen molar-refractivity contribution in [3.05, 3.63) is 63.6 Å². The number of Topliss-reactive ketones (excluding diaryl/α,β-unsaturated/α-hetero) is 1. The number of sulfonamides is 1. The number of benzene rings is 2. The molecule has 0 aliphatic heterocycles. The zero-order valence-electron chi connectivity index (χ0n) is 11.6. The first kappa shape index (κ1) is 17.0. The summed E-state index contributed by atoms with van der Waals surface area (Å²) in [4.78, 5) is 11.3. The number of hydrogen-bond donors (Lipinski definition) is 1. The summed E-state index contributed by atoms with van der Waals surface area (Å²) >= 11 is 11.9.